The fourth-order valence-electron chi connectivity index (χ4n) is 3.65. The average Bonchev–Trinajstić information content (AvgIpc) is 2.65. The smallest absolute Gasteiger partial charge is 0.319 e. The first-order valence-corrected chi connectivity index (χ1v) is 9.88. The second-order valence-corrected chi connectivity index (χ2v) is 8.22. The number of pyridine rings is 1. The molecule has 0 aliphatic carbocycles. The Bertz CT molecular complexity index is 657. The minimum atomic E-state index is -0.770. The van der Waals surface area contributed by atoms with Crippen molar-refractivity contribution < 1.29 is 14.7 Å². The first-order chi connectivity index (χ1) is 12.4. The number of amides is 3. The fraction of sp³-hybridized carbons (Fsp3) is 0.611. The van der Waals surface area contributed by atoms with Gasteiger partial charge in [0.05, 0.1) is 16.4 Å². The third kappa shape index (κ3) is 4.12. The van der Waals surface area contributed by atoms with Crippen molar-refractivity contribution in [2.75, 3.05) is 46.0 Å². The lowest BCUT2D eigenvalue weighted by molar-refractivity contribution is -0.142. The van der Waals surface area contributed by atoms with Crippen LogP contribution in [0.4, 0.5) is 4.79 Å². The molecule has 0 aromatic carbocycles. The van der Waals surface area contributed by atoms with E-state index < -0.39 is 5.60 Å². The van der Waals surface area contributed by atoms with E-state index in [0.29, 0.717) is 44.8 Å². The number of thioether (sulfide) groups is 1. The van der Waals surface area contributed by atoms with Crippen LogP contribution in [0.1, 0.15) is 12.8 Å². The molecule has 0 saturated carbocycles. The zero-order chi connectivity index (χ0) is 18.7. The molecule has 3 amide bonds. The molecule has 2 saturated heterocycles. The Balaban J connectivity index is 1.58. The fourth-order valence-corrected chi connectivity index (χ4v) is 4.41. The van der Waals surface area contributed by atoms with Gasteiger partial charge in [-0.2, -0.15) is 0 Å². The van der Waals surface area contributed by atoms with Crippen LogP contribution in [0, 0.1) is 5.92 Å². The highest BCUT2D eigenvalue weighted by Gasteiger charge is 2.46. The van der Waals surface area contributed by atoms with E-state index in [1.165, 1.54) is 11.8 Å². The number of aliphatic hydroxyl groups is 1. The summed E-state index contributed by atoms with van der Waals surface area (Å²) in [6.07, 6.45) is 2.86. The van der Waals surface area contributed by atoms with Gasteiger partial charge < -0.3 is 19.8 Å². The summed E-state index contributed by atoms with van der Waals surface area (Å²) >= 11 is 1.42. The number of aromatic nitrogens is 1. The van der Waals surface area contributed by atoms with Gasteiger partial charge >= 0.3 is 6.03 Å². The molecule has 7 nitrogen and oxygen atoms in total. The van der Waals surface area contributed by atoms with Gasteiger partial charge in [0.1, 0.15) is 0 Å². The highest BCUT2D eigenvalue weighted by Crippen LogP contribution is 2.36. The topological polar surface area (TPSA) is 77.0 Å². The normalized spacial score (nSPS) is 25.6. The molecular formula is C18H26N4O3S. The van der Waals surface area contributed by atoms with Crippen molar-refractivity contribution in [3.05, 3.63) is 24.4 Å². The number of fused-ring (bicyclic) bond motifs is 1. The number of hydrogen-bond donors (Lipinski definition) is 1. The summed E-state index contributed by atoms with van der Waals surface area (Å²) in [6, 6.07) is 5.60. The molecule has 1 aromatic heterocycles. The van der Waals surface area contributed by atoms with E-state index in [-0.39, 0.29) is 17.9 Å². The van der Waals surface area contributed by atoms with E-state index in [9.17, 15) is 14.7 Å². The van der Waals surface area contributed by atoms with Crippen LogP contribution in [-0.4, -0.2) is 88.4 Å². The third-order valence-corrected chi connectivity index (χ3v) is 6.19. The molecule has 26 heavy (non-hydrogen) atoms. The number of likely N-dealkylation sites (tertiary alicyclic amines) is 2. The summed E-state index contributed by atoms with van der Waals surface area (Å²) in [5.74, 6) is 0.291. The molecule has 3 rings (SSSR count). The second kappa shape index (κ2) is 7.84. The maximum Gasteiger partial charge on any atom is 0.319 e. The van der Waals surface area contributed by atoms with Crippen molar-refractivity contribution >= 4 is 23.7 Å². The highest BCUT2D eigenvalue weighted by molar-refractivity contribution is 7.99. The lowest BCUT2D eigenvalue weighted by Crippen LogP contribution is -2.62. The summed E-state index contributed by atoms with van der Waals surface area (Å²) in [5, 5.41) is 11.8. The van der Waals surface area contributed by atoms with Gasteiger partial charge in [0.15, 0.2) is 0 Å². The van der Waals surface area contributed by atoms with Crippen LogP contribution in [0.25, 0.3) is 0 Å². The van der Waals surface area contributed by atoms with Crippen molar-refractivity contribution in [2.24, 2.45) is 5.92 Å². The van der Waals surface area contributed by atoms with Crippen LogP contribution in [0.15, 0.2) is 29.4 Å². The van der Waals surface area contributed by atoms with Crippen LogP contribution < -0.4 is 0 Å². The molecule has 2 fully saturated rings. The quantitative estimate of drug-likeness (QED) is 0.798. The second-order valence-electron chi connectivity index (χ2n) is 7.22. The van der Waals surface area contributed by atoms with Gasteiger partial charge in [-0.3, -0.25) is 4.79 Å². The summed E-state index contributed by atoms with van der Waals surface area (Å²) in [5.41, 5.74) is -0.770. The zero-order valence-corrected chi connectivity index (χ0v) is 16.1. The van der Waals surface area contributed by atoms with E-state index in [0.717, 1.165) is 5.03 Å². The molecule has 1 aromatic rings. The molecule has 3 heterocycles. The summed E-state index contributed by atoms with van der Waals surface area (Å²) in [7, 11) is 3.46. The Morgan fingerprint density at radius 1 is 1.27 bits per heavy atom. The van der Waals surface area contributed by atoms with Crippen molar-refractivity contribution in [1.82, 2.24) is 19.7 Å². The minimum absolute atomic E-state index is 0.0405. The Hall–Kier alpha value is -1.80. The van der Waals surface area contributed by atoms with Gasteiger partial charge in [0, 0.05) is 52.4 Å². The van der Waals surface area contributed by atoms with E-state index >= 15 is 0 Å². The molecule has 142 valence electrons. The molecule has 2 atom stereocenters. The third-order valence-electron chi connectivity index (χ3n) is 5.26. The molecule has 0 unspecified atom stereocenters. The van der Waals surface area contributed by atoms with Gasteiger partial charge in [-0.1, -0.05) is 17.8 Å². The molecule has 8 heteroatoms. The first-order valence-electron chi connectivity index (χ1n) is 8.89. The lowest BCUT2D eigenvalue weighted by atomic mass is 9.75. The van der Waals surface area contributed by atoms with Gasteiger partial charge in [-0.05, 0) is 25.0 Å². The number of rotatable bonds is 3. The lowest BCUT2D eigenvalue weighted by Gasteiger charge is -2.50. The largest absolute Gasteiger partial charge is 0.389 e. The Morgan fingerprint density at radius 2 is 1.96 bits per heavy atom. The van der Waals surface area contributed by atoms with Crippen LogP contribution in [0.3, 0.4) is 0 Å². The molecule has 0 radical (unpaired) electrons. The van der Waals surface area contributed by atoms with Crippen LogP contribution in [-0.2, 0) is 4.79 Å². The van der Waals surface area contributed by atoms with E-state index in [4.69, 9.17) is 0 Å². The van der Waals surface area contributed by atoms with Crippen molar-refractivity contribution in [3.63, 3.8) is 0 Å². The molecule has 2 aliphatic rings. The van der Waals surface area contributed by atoms with Crippen LogP contribution >= 0.6 is 11.8 Å². The van der Waals surface area contributed by atoms with E-state index in [1.54, 1.807) is 30.1 Å². The number of nitrogens with zero attached hydrogens (tertiary/aromatic N) is 4. The summed E-state index contributed by atoms with van der Waals surface area (Å²) in [6.45, 7) is 2.11. The number of piperidine rings is 2. The Kier molecular flexibility index (Phi) is 5.72. The molecule has 2 aliphatic heterocycles. The van der Waals surface area contributed by atoms with Crippen molar-refractivity contribution in [1.29, 1.82) is 0 Å². The van der Waals surface area contributed by atoms with Gasteiger partial charge in [0.25, 0.3) is 0 Å². The van der Waals surface area contributed by atoms with Crippen LogP contribution in [0.2, 0.25) is 0 Å². The van der Waals surface area contributed by atoms with Gasteiger partial charge in [0.2, 0.25) is 5.91 Å². The number of urea groups is 1. The van der Waals surface area contributed by atoms with E-state index in [2.05, 4.69) is 4.98 Å². The Labute approximate surface area is 158 Å². The zero-order valence-electron chi connectivity index (χ0n) is 15.3. The predicted octanol–water partition coefficient (Wildman–Crippen LogP) is 1.14. The maximum atomic E-state index is 12.6. The summed E-state index contributed by atoms with van der Waals surface area (Å²) < 4.78 is 0. The molecule has 1 N–H and O–H groups in total. The minimum Gasteiger partial charge on any atom is -0.389 e. The molecule has 0 bridgehead atoms. The number of hydrogen-bond acceptors (Lipinski definition) is 5. The van der Waals surface area contributed by atoms with E-state index in [1.807, 2.05) is 23.1 Å². The number of carbonyl (C=O) groups is 2. The SMILES string of the molecule is CN(C)C(=O)N1CC[C@@]2(O)CCN(C(=O)CSc3ccccn3)C[C@H]2C1. The predicted molar refractivity (Wildman–Crippen MR) is 99.9 cm³/mol. The van der Waals surface area contributed by atoms with Crippen molar-refractivity contribution in [2.45, 2.75) is 23.5 Å². The van der Waals surface area contributed by atoms with Gasteiger partial charge in [-0.15, -0.1) is 0 Å². The maximum absolute atomic E-state index is 12.6. The average molecular weight is 378 g/mol. The molecule has 0 spiro atoms. The highest BCUT2D eigenvalue weighted by atomic mass is 32.2. The standard InChI is InChI=1S/C18H26N4O3S/c1-20(2)17(24)22-10-7-18(25)6-9-21(11-14(18)12-22)16(23)13-26-15-5-3-4-8-19-15/h3-5,8,14,25H,6-7,9-13H2,1-2H3/t14-,18-/m0/s1. The van der Waals surface area contributed by atoms with Crippen molar-refractivity contribution in [3.8, 4) is 0 Å². The van der Waals surface area contributed by atoms with Crippen LogP contribution in [0.5, 0.6) is 0 Å². The summed E-state index contributed by atoms with van der Waals surface area (Å²) in [4.78, 5) is 34.2. The number of carbonyl (C=O) groups excluding carboxylic acids is 2. The Morgan fingerprint density at radius 3 is 2.62 bits per heavy atom. The molecular weight excluding hydrogens is 352 g/mol. The first kappa shape index (κ1) is 19.0. The monoisotopic (exact) mass is 378 g/mol. The van der Waals surface area contributed by atoms with Gasteiger partial charge in [-0.25, -0.2) is 9.78 Å².